The van der Waals surface area contributed by atoms with Crippen LogP contribution in [0.1, 0.15) is 15.2 Å². The average Bonchev–Trinajstić information content (AvgIpc) is 2.94. The van der Waals surface area contributed by atoms with E-state index in [4.69, 9.17) is 9.37 Å². The molecule has 0 aliphatic heterocycles. The fourth-order valence-corrected chi connectivity index (χ4v) is 3.18. The Hall–Kier alpha value is -3.90. The van der Waals surface area contributed by atoms with E-state index in [1.165, 1.54) is 23.4 Å². The molecule has 0 aliphatic carbocycles. The van der Waals surface area contributed by atoms with E-state index in [-0.39, 0.29) is 25.7 Å². The van der Waals surface area contributed by atoms with Gasteiger partial charge in [0.2, 0.25) is 0 Å². The maximum Gasteiger partial charge on any atom is 0.0789 e. The second-order valence-corrected chi connectivity index (χ2v) is 7.11. The number of nitrogens with zero attached hydrogens (tertiary/aromatic N) is 3. The number of aromatic nitrogens is 2. The number of nitriles is 1. The summed E-state index contributed by atoms with van der Waals surface area (Å²) >= 11 is 0. The van der Waals surface area contributed by atoms with Crippen LogP contribution in [0, 0.1) is 30.3 Å². The van der Waals surface area contributed by atoms with E-state index < -0.39 is 6.85 Å². The van der Waals surface area contributed by atoms with Crippen LogP contribution in [0.4, 0.5) is 0 Å². The molecule has 5 rings (SSSR count). The van der Waals surface area contributed by atoms with Gasteiger partial charge in [-0.1, -0.05) is 48.5 Å². The fraction of sp³-hybridized carbons (Fsp3) is 0.0333. The van der Waals surface area contributed by atoms with Crippen LogP contribution in [-0.2, 0) is 20.1 Å². The largest absolute Gasteiger partial charge is 0.305 e. The topological polar surface area (TPSA) is 49.6 Å². The quantitative estimate of drug-likeness (QED) is 0.206. The molecule has 2 aromatic heterocycles. The third-order valence-electron chi connectivity index (χ3n) is 4.82. The van der Waals surface area contributed by atoms with Crippen LogP contribution in [0.5, 0.6) is 0 Å². The molecule has 0 N–H and O–H groups in total. The van der Waals surface area contributed by atoms with Crippen molar-refractivity contribution in [3.05, 3.63) is 133 Å². The summed E-state index contributed by atoms with van der Waals surface area (Å²) in [4.78, 5) is 8.49. The van der Waals surface area contributed by atoms with E-state index >= 15 is 0 Å². The molecule has 4 heteroatoms. The van der Waals surface area contributed by atoms with Crippen molar-refractivity contribution >= 4 is 0 Å². The van der Waals surface area contributed by atoms with Crippen LogP contribution in [0.25, 0.3) is 33.6 Å². The predicted octanol–water partition coefficient (Wildman–Crippen LogP) is 6.94. The summed E-state index contributed by atoms with van der Waals surface area (Å²) in [6.07, 6.45) is 3.17. The summed E-state index contributed by atoms with van der Waals surface area (Å²) < 4.78 is 21.8. The van der Waals surface area contributed by atoms with Crippen molar-refractivity contribution < 1.29 is 24.2 Å². The molecule has 1 radical (unpaired) electrons. The number of rotatable bonds is 3. The van der Waals surface area contributed by atoms with E-state index in [0.717, 1.165) is 11.3 Å². The molecule has 0 atom stereocenters. The van der Waals surface area contributed by atoms with Gasteiger partial charge < -0.3 is 9.97 Å². The molecule has 0 saturated heterocycles. The van der Waals surface area contributed by atoms with Crippen molar-refractivity contribution in [3.63, 3.8) is 0 Å². The third kappa shape index (κ3) is 6.56. The zero-order valence-corrected chi connectivity index (χ0v) is 20.5. The summed E-state index contributed by atoms with van der Waals surface area (Å²) in [6.45, 7) is -2.15. The smallest absolute Gasteiger partial charge is 0.0789 e. The Morgan fingerprint density at radius 1 is 0.765 bits per heavy atom. The molecule has 2 heterocycles. The third-order valence-corrected chi connectivity index (χ3v) is 4.82. The molecule has 0 bridgehead atoms. The first-order valence-corrected chi connectivity index (χ1v) is 10.3. The molecule has 3 nitrogen and oxygen atoms in total. The molecule has 0 spiro atoms. The molecule has 34 heavy (non-hydrogen) atoms. The summed E-state index contributed by atoms with van der Waals surface area (Å²) in [6, 6.07) is 38.7. The monoisotopic (exact) mass is 619 g/mol. The van der Waals surface area contributed by atoms with Gasteiger partial charge in [-0.3, -0.25) is 0 Å². The zero-order chi connectivity index (χ0) is 25.4. The van der Waals surface area contributed by atoms with Crippen molar-refractivity contribution in [3.8, 4) is 39.7 Å². The maximum absolute atomic E-state index is 8.80. The minimum Gasteiger partial charge on any atom is -0.305 e. The van der Waals surface area contributed by atoms with Crippen LogP contribution in [-0.4, -0.2) is 9.97 Å². The van der Waals surface area contributed by atoms with Gasteiger partial charge in [-0.2, -0.15) is 5.26 Å². The number of hydrogen-bond donors (Lipinski definition) is 0. The second kappa shape index (κ2) is 12.4. The normalized spacial score (nSPS) is 11.3. The summed E-state index contributed by atoms with van der Waals surface area (Å²) in [5.41, 5.74) is 6.35. The van der Waals surface area contributed by atoms with Crippen molar-refractivity contribution in [2.45, 2.75) is 6.85 Å². The van der Waals surface area contributed by atoms with E-state index in [9.17, 15) is 0 Å². The van der Waals surface area contributed by atoms with Gasteiger partial charge in [0.25, 0.3) is 0 Å². The predicted molar refractivity (Wildman–Crippen MR) is 132 cm³/mol. The molecular weight excluding hydrogens is 595 g/mol. The molecule has 0 aliphatic rings. The summed E-state index contributed by atoms with van der Waals surface area (Å²) in [7, 11) is 0. The van der Waals surface area contributed by atoms with Gasteiger partial charge in [-0.15, -0.1) is 65.7 Å². The Kier molecular flexibility index (Phi) is 7.53. The van der Waals surface area contributed by atoms with Gasteiger partial charge in [0.1, 0.15) is 0 Å². The van der Waals surface area contributed by atoms with Gasteiger partial charge in [-0.25, -0.2) is 0 Å². The average molecular weight is 619 g/mol. The van der Waals surface area contributed by atoms with Gasteiger partial charge >= 0.3 is 0 Å². The van der Waals surface area contributed by atoms with Crippen molar-refractivity contribution in [2.75, 3.05) is 0 Å². The van der Waals surface area contributed by atoms with E-state index in [1.54, 1.807) is 24.3 Å². The van der Waals surface area contributed by atoms with Gasteiger partial charge in [-0.05, 0) is 46.6 Å². The number of aryl methyl sites for hydroxylation is 1. The Bertz CT molecular complexity index is 1410. The standard InChI is InChI=1S/C17H12N.C13H9N2.Ir/c1-3-7-14(8-4-1)16-11-12-18-17(13-16)15-9-5-2-6-10-15;1-10-5-6-13(15-9-10)12-4-2-3-11(7-12)8-14;/h1-9,11-13H;2-3,5-7,9H,1H3;/q2*-1;/i;1D3;. The maximum atomic E-state index is 8.80. The first-order valence-electron chi connectivity index (χ1n) is 11.8. The second-order valence-electron chi connectivity index (χ2n) is 7.11. The van der Waals surface area contributed by atoms with E-state index in [1.807, 2.05) is 60.8 Å². The first-order chi connectivity index (χ1) is 17.4. The Labute approximate surface area is 218 Å². The summed E-state index contributed by atoms with van der Waals surface area (Å²) in [5, 5.41) is 8.80. The van der Waals surface area contributed by atoms with Crippen LogP contribution in [0.15, 0.2) is 109 Å². The van der Waals surface area contributed by atoms with Crippen molar-refractivity contribution in [1.82, 2.24) is 9.97 Å². The van der Waals surface area contributed by atoms with Crippen LogP contribution < -0.4 is 0 Å². The van der Waals surface area contributed by atoms with Crippen LogP contribution in [0.2, 0.25) is 0 Å². The van der Waals surface area contributed by atoms with Crippen molar-refractivity contribution in [2.24, 2.45) is 0 Å². The SMILES string of the molecule is [2H]C([2H])([2H])c1ccc(-c2[c-]ccc(C#N)c2)nc1.[Ir].[c-]1ccccc1-c1cc(-c2ccccc2)ccn1. The molecule has 167 valence electrons. The zero-order valence-electron chi connectivity index (χ0n) is 21.1. The Morgan fingerprint density at radius 2 is 1.59 bits per heavy atom. The molecule has 0 fully saturated rings. The number of benzene rings is 3. The Morgan fingerprint density at radius 3 is 2.29 bits per heavy atom. The Balaban J connectivity index is 0.000000200. The number of hydrogen-bond acceptors (Lipinski definition) is 3. The van der Waals surface area contributed by atoms with Crippen LogP contribution >= 0.6 is 0 Å². The molecule has 3 aromatic carbocycles. The molecule has 0 saturated carbocycles. The minimum absolute atomic E-state index is 0. The van der Waals surface area contributed by atoms with Crippen molar-refractivity contribution in [1.29, 1.82) is 5.26 Å². The first kappa shape index (κ1) is 20.7. The minimum atomic E-state index is -2.15. The molecule has 0 unspecified atom stereocenters. The van der Waals surface area contributed by atoms with Gasteiger partial charge in [0, 0.05) is 36.6 Å². The molecule has 0 amide bonds. The molecule has 5 aromatic rings. The van der Waals surface area contributed by atoms with Gasteiger partial charge in [0.15, 0.2) is 0 Å². The van der Waals surface area contributed by atoms with E-state index in [2.05, 4.69) is 40.3 Å². The fourth-order valence-electron chi connectivity index (χ4n) is 3.18. The summed E-state index contributed by atoms with van der Waals surface area (Å²) in [5.74, 6) is 0. The van der Waals surface area contributed by atoms with Gasteiger partial charge in [0.05, 0.1) is 6.07 Å². The molecular formula is C30H21IrN3-2. The number of pyridine rings is 2. The van der Waals surface area contributed by atoms with Crippen LogP contribution in [0.3, 0.4) is 0 Å². The van der Waals surface area contributed by atoms with E-state index in [0.29, 0.717) is 16.8 Å².